The Labute approximate surface area is 297 Å². The first kappa shape index (κ1) is 34.4. The maximum atomic E-state index is 16.1. The molecule has 0 fully saturated rings. The molecular weight excluding hydrogens is 677 g/mol. The summed E-state index contributed by atoms with van der Waals surface area (Å²) in [5.74, 6) is -1.92. The van der Waals surface area contributed by atoms with Crippen molar-refractivity contribution in [3.8, 4) is 39.5 Å². The van der Waals surface area contributed by atoms with E-state index in [0.717, 1.165) is 40.0 Å². The number of aliphatic hydroxyl groups excluding tert-OH is 1. The Morgan fingerprint density at radius 1 is 1.14 bits per heavy atom. The first-order valence-corrected chi connectivity index (χ1v) is 17.5. The Morgan fingerprint density at radius 3 is 2.73 bits per heavy atom. The number of hydrogen-bond acceptors (Lipinski definition) is 9. The van der Waals surface area contributed by atoms with Crippen LogP contribution < -0.4 is 4.74 Å². The lowest BCUT2D eigenvalue weighted by atomic mass is 9.95. The van der Waals surface area contributed by atoms with Crippen molar-refractivity contribution in [3.63, 3.8) is 0 Å². The van der Waals surface area contributed by atoms with Gasteiger partial charge in [0.05, 0.1) is 42.7 Å². The lowest BCUT2D eigenvalue weighted by Crippen LogP contribution is -2.40. The predicted octanol–water partition coefficient (Wildman–Crippen LogP) is 5.07. The topological polar surface area (TPSA) is 117 Å². The van der Waals surface area contributed by atoms with Crippen molar-refractivity contribution in [1.29, 1.82) is 0 Å². The molecule has 2 aliphatic rings. The van der Waals surface area contributed by atoms with Crippen LogP contribution in [-0.4, -0.2) is 98.3 Å². The van der Waals surface area contributed by atoms with Gasteiger partial charge in [0.25, 0.3) is 0 Å². The van der Waals surface area contributed by atoms with Crippen LogP contribution in [0.4, 0.5) is 8.78 Å². The van der Waals surface area contributed by atoms with Gasteiger partial charge in [0.2, 0.25) is 11.8 Å². The summed E-state index contributed by atoms with van der Waals surface area (Å²) >= 11 is 1.38. The second-order valence-electron chi connectivity index (χ2n) is 12.8. The Bertz CT molecular complexity index is 2180. The summed E-state index contributed by atoms with van der Waals surface area (Å²) < 4.78 is 38.9. The van der Waals surface area contributed by atoms with Gasteiger partial charge in [0, 0.05) is 85.4 Å². The molecule has 0 saturated carbocycles. The molecule has 6 heterocycles. The van der Waals surface area contributed by atoms with Crippen molar-refractivity contribution in [2.24, 2.45) is 0 Å². The van der Waals surface area contributed by atoms with Crippen molar-refractivity contribution in [3.05, 3.63) is 83.1 Å². The van der Waals surface area contributed by atoms with E-state index in [0.29, 0.717) is 66.5 Å². The third-order valence-electron chi connectivity index (χ3n) is 9.43. The molecule has 4 aromatic heterocycles. The molecule has 11 nitrogen and oxygen atoms in total. The summed E-state index contributed by atoms with van der Waals surface area (Å²) in [4.78, 5) is 40.6. The molecular formula is C37H37F2N7O4S. The second-order valence-corrected chi connectivity index (χ2v) is 13.8. The van der Waals surface area contributed by atoms with Gasteiger partial charge in [-0.2, -0.15) is 5.10 Å². The average Bonchev–Trinajstić information content (AvgIpc) is 3.78. The van der Waals surface area contributed by atoms with Gasteiger partial charge in [0.15, 0.2) is 0 Å². The first-order chi connectivity index (χ1) is 24.6. The van der Waals surface area contributed by atoms with E-state index in [9.17, 15) is 19.1 Å². The van der Waals surface area contributed by atoms with Crippen molar-refractivity contribution in [1.82, 2.24) is 34.4 Å². The van der Waals surface area contributed by atoms with Crippen LogP contribution in [0.3, 0.4) is 0 Å². The second kappa shape index (κ2) is 13.9. The van der Waals surface area contributed by atoms with Gasteiger partial charge in [-0.05, 0) is 42.1 Å². The largest absolute Gasteiger partial charge is 0.490 e. The Kier molecular flexibility index (Phi) is 9.40. The van der Waals surface area contributed by atoms with Crippen LogP contribution in [0.2, 0.25) is 0 Å². The predicted molar refractivity (Wildman–Crippen MR) is 190 cm³/mol. The summed E-state index contributed by atoms with van der Waals surface area (Å²) in [6, 6.07) is 7.39. The number of aromatic nitrogens is 4. The standard InChI is InChI=1S/C37H37F2N7O4S/c1-5-31(48)45-9-10-46-29(21(45)2)17-28(42-46)36-34(33-26(39)15-24(38)16-30(33)50-12-11-47)37-25(7-13-51-37)35(41-36)22-14-23-19-44(20-32(49)43(3)4)8-6-27(23)40-18-22/h5,7,13-18,21,47H,1,6,8-12,19-20H2,2-4H3/t21-/m1/s1. The number of likely N-dealkylation sites (N-methyl/N-ethyl adjacent to an activating group) is 1. The summed E-state index contributed by atoms with van der Waals surface area (Å²) in [7, 11) is 3.48. The fraction of sp³-hybridized carbons (Fsp3) is 0.324. The molecule has 5 aromatic rings. The van der Waals surface area contributed by atoms with Crippen molar-refractivity contribution in [2.75, 3.05) is 46.9 Å². The van der Waals surface area contributed by atoms with Crippen LogP contribution in [0.1, 0.15) is 29.9 Å². The Balaban J connectivity index is 1.43. The van der Waals surface area contributed by atoms with Gasteiger partial charge in [-0.3, -0.25) is 24.2 Å². The van der Waals surface area contributed by atoms with Gasteiger partial charge in [-0.25, -0.2) is 13.8 Å². The van der Waals surface area contributed by atoms with E-state index >= 15 is 4.39 Å². The van der Waals surface area contributed by atoms with Crippen molar-refractivity contribution in [2.45, 2.75) is 32.5 Å². The molecule has 0 radical (unpaired) electrons. The molecule has 51 heavy (non-hydrogen) atoms. The van der Waals surface area contributed by atoms with Gasteiger partial charge in [0.1, 0.15) is 35.4 Å². The number of aliphatic hydroxyl groups is 1. The molecule has 0 unspecified atom stereocenters. The van der Waals surface area contributed by atoms with E-state index in [1.807, 2.05) is 35.2 Å². The molecule has 1 atom stereocenters. The highest BCUT2D eigenvalue weighted by molar-refractivity contribution is 7.18. The number of carbonyl (C=O) groups excluding carboxylic acids is 2. The Hall–Kier alpha value is -5.05. The number of amides is 2. The molecule has 1 aromatic carbocycles. The molecule has 14 heteroatoms. The molecule has 0 spiro atoms. The zero-order valence-electron chi connectivity index (χ0n) is 28.5. The van der Waals surface area contributed by atoms with Crippen LogP contribution in [0.5, 0.6) is 5.75 Å². The van der Waals surface area contributed by atoms with Gasteiger partial charge < -0.3 is 19.6 Å². The summed E-state index contributed by atoms with van der Waals surface area (Å²) in [6.07, 6.45) is 3.78. The average molecular weight is 714 g/mol. The zero-order chi connectivity index (χ0) is 36.0. The van der Waals surface area contributed by atoms with E-state index in [4.69, 9.17) is 19.8 Å². The molecule has 1 N–H and O–H groups in total. The number of fused-ring (bicyclic) bond motifs is 3. The smallest absolute Gasteiger partial charge is 0.246 e. The minimum absolute atomic E-state index is 0.00130. The normalized spacial score (nSPS) is 15.8. The minimum Gasteiger partial charge on any atom is -0.490 e. The number of rotatable bonds is 9. The SMILES string of the molecule is C=CC(=O)N1CCn2nc(-c3nc(-c4cnc5c(c4)CN(CC(=O)N(C)C)CC5)c4ccsc4c3-c3c(F)cc(F)cc3OCCO)cc2[C@H]1C. The van der Waals surface area contributed by atoms with Crippen LogP contribution in [0.25, 0.3) is 43.9 Å². The molecule has 0 saturated heterocycles. The van der Waals surface area contributed by atoms with Crippen molar-refractivity contribution < 1.29 is 28.2 Å². The number of pyridine rings is 2. The summed E-state index contributed by atoms with van der Waals surface area (Å²) in [5.41, 5.74) is 5.20. The molecule has 0 aliphatic carbocycles. The third-order valence-corrected chi connectivity index (χ3v) is 10.4. The number of carbonyl (C=O) groups is 2. The van der Waals surface area contributed by atoms with Gasteiger partial charge in [-0.1, -0.05) is 6.58 Å². The number of halogens is 2. The van der Waals surface area contributed by atoms with E-state index in [1.54, 1.807) is 30.1 Å². The van der Waals surface area contributed by atoms with E-state index in [1.165, 1.54) is 17.4 Å². The van der Waals surface area contributed by atoms with E-state index in [-0.39, 0.29) is 42.4 Å². The maximum Gasteiger partial charge on any atom is 0.246 e. The van der Waals surface area contributed by atoms with E-state index in [2.05, 4.69) is 11.5 Å². The van der Waals surface area contributed by atoms with Gasteiger partial charge in [-0.15, -0.1) is 11.3 Å². The van der Waals surface area contributed by atoms with Crippen LogP contribution >= 0.6 is 11.3 Å². The third kappa shape index (κ3) is 6.39. The summed E-state index contributed by atoms with van der Waals surface area (Å²) in [5, 5.41) is 17.1. The zero-order valence-corrected chi connectivity index (χ0v) is 29.3. The molecule has 264 valence electrons. The number of benzene rings is 1. The monoisotopic (exact) mass is 713 g/mol. The number of nitrogens with zero attached hydrogens (tertiary/aromatic N) is 7. The van der Waals surface area contributed by atoms with Crippen LogP contribution in [-0.2, 0) is 29.1 Å². The number of hydrogen-bond donors (Lipinski definition) is 1. The number of ether oxygens (including phenoxy) is 1. The minimum atomic E-state index is -0.851. The molecule has 2 amide bonds. The van der Waals surface area contributed by atoms with Crippen molar-refractivity contribution >= 4 is 33.2 Å². The molecule has 0 bridgehead atoms. The maximum absolute atomic E-state index is 16.1. The fourth-order valence-electron chi connectivity index (χ4n) is 6.84. The summed E-state index contributed by atoms with van der Waals surface area (Å²) in [6.45, 7) is 7.45. The quantitative estimate of drug-likeness (QED) is 0.211. The van der Waals surface area contributed by atoms with Crippen LogP contribution in [0.15, 0.2) is 54.6 Å². The lowest BCUT2D eigenvalue weighted by Gasteiger charge is -2.33. The lowest BCUT2D eigenvalue weighted by molar-refractivity contribution is -0.130. The molecule has 7 rings (SSSR count). The Morgan fingerprint density at radius 2 is 1.96 bits per heavy atom. The highest BCUT2D eigenvalue weighted by atomic mass is 32.1. The number of thiophene rings is 1. The highest BCUT2D eigenvalue weighted by Crippen LogP contribution is 2.47. The molecule has 2 aliphatic heterocycles. The fourth-order valence-corrected chi connectivity index (χ4v) is 7.79. The van der Waals surface area contributed by atoms with E-state index < -0.39 is 11.6 Å². The van der Waals surface area contributed by atoms with Crippen LogP contribution in [0, 0.1) is 11.6 Å². The van der Waals surface area contributed by atoms with Gasteiger partial charge >= 0.3 is 0 Å². The first-order valence-electron chi connectivity index (χ1n) is 16.6. The highest BCUT2D eigenvalue weighted by Gasteiger charge is 2.32.